The van der Waals surface area contributed by atoms with E-state index in [2.05, 4.69) is 41.6 Å². The van der Waals surface area contributed by atoms with Gasteiger partial charge in [0.1, 0.15) is 0 Å². The third kappa shape index (κ3) is 7.49. The Kier molecular flexibility index (Phi) is 10.4. The summed E-state index contributed by atoms with van der Waals surface area (Å²) in [7, 11) is 0. The van der Waals surface area contributed by atoms with Crippen molar-refractivity contribution in [2.75, 3.05) is 11.1 Å². The van der Waals surface area contributed by atoms with Gasteiger partial charge in [-0.1, -0.05) is 73.9 Å². The number of benzene rings is 2. The molecule has 0 fully saturated rings. The van der Waals surface area contributed by atoms with Crippen LogP contribution in [0.5, 0.6) is 0 Å². The normalized spacial score (nSPS) is 12.0. The van der Waals surface area contributed by atoms with Gasteiger partial charge in [0.25, 0.3) is 5.91 Å². The number of carbonyl (C=O) groups excluding carboxylic acids is 2. The van der Waals surface area contributed by atoms with Crippen LogP contribution in [0.3, 0.4) is 0 Å². The van der Waals surface area contributed by atoms with Crippen LogP contribution in [0.15, 0.2) is 41.6 Å². The maximum Gasteiger partial charge on any atom is 0.253 e. The Morgan fingerprint density at radius 3 is 2.51 bits per heavy atom. The Labute approximate surface area is 232 Å². The summed E-state index contributed by atoms with van der Waals surface area (Å²) in [6.45, 7) is 10.8. The van der Waals surface area contributed by atoms with Gasteiger partial charge in [0, 0.05) is 17.3 Å². The Bertz CT molecular complexity index is 1260. The molecule has 0 spiro atoms. The molecule has 3 rings (SSSR count). The van der Waals surface area contributed by atoms with E-state index in [9.17, 15) is 9.59 Å². The molecule has 0 aliphatic carbocycles. The number of aromatic nitrogens is 3. The van der Waals surface area contributed by atoms with Gasteiger partial charge in [-0.25, -0.2) is 0 Å². The molecule has 0 radical (unpaired) electrons. The van der Waals surface area contributed by atoms with Crippen molar-refractivity contribution in [3.05, 3.63) is 69.0 Å². The van der Waals surface area contributed by atoms with E-state index in [1.165, 1.54) is 11.8 Å². The standard InChI is InChI=1S/C27H33Cl2N5O2S/c1-6-18-10-8-9-17(5)24(18)31-23(35)15-37-27-33-32-25(34(27)7-2)22(13-16(3)4)30-26(36)20-12-11-19(28)14-21(20)29/h8-12,14,16,22H,6-7,13,15H2,1-5H3,(H,30,36)(H,31,35)/t22-/m1/s1. The Balaban J connectivity index is 1.76. The number of nitrogens with one attached hydrogen (secondary N) is 2. The second-order valence-corrected chi connectivity index (χ2v) is 11.0. The van der Waals surface area contributed by atoms with Crippen LogP contribution in [0, 0.1) is 12.8 Å². The van der Waals surface area contributed by atoms with Gasteiger partial charge >= 0.3 is 0 Å². The highest BCUT2D eigenvalue weighted by Gasteiger charge is 2.25. The zero-order chi connectivity index (χ0) is 27.1. The average molecular weight is 563 g/mol. The SMILES string of the molecule is CCc1cccc(C)c1NC(=O)CSc1nnc([C@@H](CC(C)C)NC(=O)c2ccc(Cl)cc2Cl)n1CC. The van der Waals surface area contributed by atoms with E-state index in [-0.39, 0.29) is 34.5 Å². The topological polar surface area (TPSA) is 88.9 Å². The summed E-state index contributed by atoms with van der Waals surface area (Å²) in [5.74, 6) is 0.709. The summed E-state index contributed by atoms with van der Waals surface area (Å²) in [5.41, 5.74) is 3.35. The minimum absolute atomic E-state index is 0.106. The lowest BCUT2D eigenvalue weighted by Gasteiger charge is -2.21. The molecule has 1 aromatic heterocycles. The lowest BCUT2D eigenvalue weighted by Crippen LogP contribution is -2.32. The first-order chi connectivity index (χ1) is 17.6. The monoisotopic (exact) mass is 561 g/mol. The molecule has 37 heavy (non-hydrogen) atoms. The molecule has 2 N–H and O–H groups in total. The number of amides is 2. The summed E-state index contributed by atoms with van der Waals surface area (Å²) in [6.07, 6.45) is 1.50. The smallest absolute Gasteiger partial charge is 0.253 e. The molecule has 10 heteroatoms. The number of anilines is 1. The van der Waals surface area contributed by atoms with Crippen LogP contribution in [0.25, 0.3) is 0 Å². The van der Waals surface area contributed by atoms with E-state index in [1.54, 1.807) is 18.2 Å². The molecular weight excluding hydrogens is 529 g/mol. The van der Waals surface area contributed by atoms with Crippen LogP contribution in [-0.4, -0.2) is 32.3 Å². The number of rotatable bonds is 11. The largest absolute Gasteiger partial charge is 0.342 e. The molecule has 0 unspecified atom stereocenters. The van der Waals surface area contributed by atoms with Gasteiger partial charge in [0.2, 0.25) is 5.91 Å². The summed E-state index contributed by atoms with van der Waals surface area (Å²) >= 11 is 13.6. The van der Waals surface area contributed by atoms with Crippen LogP contribution in [0.4, 0.5) is 5.69 Å². The van der Waals surface area contributed by atoms with Crippen molar-refractivity contribution >= 4 is 52.5 Å². The molecule has 1 atom stereocenters. The van der Waals surface area contributed by atoms with Crippen molar-refractivity contribution in [2.45, 2.75) is 65.2 Å². The van der Waals surface area contributed by atoms with Crippen molar-refractivity contribution in [3.8, 4) is 0 Å². The van der Waals surface area contributed by atoms with Gasteiger partial charge in [-0.2, -0.15) is 0 Å². The Hall–Kier alpha value is -2.55. The first kappa shape index (κ1) is 29.0. The highest BCUT2D eigenvalue weighted by Crippen LogP contribution is 2.27. The molecule has 0 aliphatic heterocycles. The maximum atomic E-state index is 13.1. The fourth-order valence-corrected chi connectivity index (χ4v) is 5.38. The summed E-state index contributed by atoms with van der Waals surface area (Å²) in [5, 5.41) is 16.3. The van der Waals surface area contributed by atoms with Crippen molar-refractivity contribution in [2.24, 2.45) is 5.92 Å². The predicted octanol–water partition coefficient (Wildman–Crippen LogP) is 6.72. The predicted molar refractivity (Wildman–Crippen MR) is 152 cm³/mol. The average Bonchev–Trinajstić information content (AvgIpc) is 3.26. The van der Waals surface area contributed by atoms with Gasteiger partial charge in [-0.3, -0.25) is 9.59 Å². The zero-order valence-corrected chi connectivity index (χ0v) is 24.1. The van der Waals surface area contributed by atoms with Crippen LogP contribution in [0.1, 0.15) is 67.5 Å². The van der Waals surface area contributed by atoms with E-state index in [4.69, 9.17) is 23.2 Å². The first-order valence-electron chi connectivity index (χ1n) is 12.3. The first-order valence-corrected chi connectivity index (χ1v) is 14.1. The molecule has 0 saturated heterocycles. The third-order valence-electron chi connectivity index (χ3n) is 5.90. The highest BCUT2D eigenvalue weighted by molar-refractivity contribution is 7.99. The summed E-state index contributed by atoms with van der Waals surface area (Å²) in [4.78, 5) is 25.8. The van der Waals surface area contributed by atoms with Crippen molar-refractivity contribution in [1.82, 2.24) is 20.1 Å². The molecule has 2 aromatic carbocycles. The number of nitrogens with zero attached hydrogens (tertiary/aromatic N) is 3. The quantitative estimate of drug-likeness (QED) is 0.253. The van der Waals surface area contributed by atoms with Gasteiger partial charge in [-0.05, 0) is 61.9 Å². The minimum atomic E-state index is -0.381. The maximum absolute atomic E-state index is 13.1. The van der Waals surface area contributed by atoms with Crippen molar-refractivity contribution in [1.29, 1.82) is 0 Å². The highest BCUT2D eigenvalue weighted by atomic mass is 35.5. The molecule has 0 bridgehead atoms. The van der Waals surface area contributed by atoms with E-state index in [0.29, 0.717) is 34.5 Å². The Morgan fingerprint density at radius 2 is 1.86 bits per heavy atom. The van der Waals surface area contributed by atoms with E-state index < -0.39 is 0 Å². The number of carbonyl (C=O) groups is 2. The lowest BCUT2D eigenvalue weighted by molar-refractivity contribution is -0.113. The van der Waals surface area contributed by atoms with E-state index >= 15 is 0 Å². The second kappa shape index (κ2) is 13.3. The summed E-state index contributed by atoms with van der Waals surface area (Å²) in [6, 6.07) is 10.4. The molecule has 0 saturated carbocycles. The number of hydrogen-bond donors (Lipinski definition) is 2. The minimum Gasteiger partial charge on any atom is -0.342 e. The van der Waals surface area contributed by atoms with E-state index in [1.807, 2.05) is 36.6 Å². The van der Waals surface area contributed by atoms with Gasteiger partial charge in [0.05, 0.1) is 22.4 Å². The molecule has 3 aromatic rings. The molecule has 1 heterocycles. The number of halogens is 2. The van der Waals surface area contributed by atoms with Crippen molar-refractivity contribution in [3.63, 3.8) is 0 Å². The molecule has 0 aliphatic rings. The number of para-hydroxylation sites is 1. The number of aryl methyl sites for hydroxylation is 2. The fraction of sp³-hybridized carbons (Fsp3) is 0.407. The summed E-state index contributed by atoms with van der Waals surface area (Å²) < 4.78 is 1.94. The third-order valence-corrected chi connectivity index (χ3v) is 7.41. The van der Waals surface area contributed by atoms with Crippen LogP contribution in [-0.2, 0) is 17.8 Å². The van der Waals surface area contributed by atoms with Crippen LogP contribution in [0.2, 0.25) is 10.0 Å². The lowest BCUT2D eigenvalue weighted by atomic mass is 10.0. The zero-order valence-electron chi connectivity index (χ0n) is 21.8. The van der Waals surface area contributed by atoms with Crippen molar-refractivity contribution < 1.29 is 9.59 Å². The van der Waals surface area contributed by atoms with Gasteiger partial charge in [0.15, 0.2) is 11.0 Å². The Morgan fingerprint density at radius 1 is 1.11 bits per heavy atom. The van der Waals surface area contributed by atoms with Crippen LogP contribution >= 0.6 is 35.0 Å². The molecule has 7 nitrogen and oxygen atoms in total. The fourth-order valence-electron chi connectivity index (χ4n) is 4.08. The molecular formula is C27H33Cl2N5O2S. The number of hydrogen-bond acceptors (Lipinski definition) is 5. The molecule has 2 amide bonds. The second-order valence-electron chi connectivity index (χ2n) is 9.16. The molecule has 198 valence electrons. The van der Waals surface area contributed by atoms with Gasteiger partial charge in [-0.15, -0.1) is 10.2 Å². The van der Waals surface area contributed by atoms with Crippen LogP contribution < -0.4 is 10.6 Å². The number of thioether (sulfide) groups is 1. The van der Waals surface area contributed by atoms with Gasteiger partial charge < -0.3 is 15.2 Å². The van der Waals surface area contributed by atoms with E-state index in [0.717, 1.165) is 23.2 Å².